The van der Waals surface area contributed by atoms with Crippen molar-refractivity contribution >= 4 is 17.5 Å². The molecule has 0 saturated carbocycles. The molecular weight excluding hydrogens is 308 g/mol. The molecule has 1 aromatic heterocycles. The van der Waals surface area contributed by atoms with Crippen LogP contribution in [0.1, 0.15) is 5.56 Å². The Morgan fingerprint density at radius 3 is 2.67 bits per heavy atom. The highest BCUT2D eigenvalue weighted by atomic mass is 16.6. The second kappa shape index (κ2) is 7.08. The average Bonchev–Trinajstić information content (AvgIpc) is 2.60. The van der Waals surface area contributed by atoms with Gasteiger partial charge in [0, 0.05) is 20.6 Å². The number of benzene rings is 1. The summed E-state index contributed by atoms with van der Waals surface area (Å²) in [4.78, 5) is 18.1. The first-order valence-corrected chi connectivity index (χ1v) is 7.68. The van der Waals surface area contributed by atoms with Crippen molar-refractivity contribution in [2.75, 3.05) is 37.5 Å². The molecule has 0 radical (unpaired) electrons. The van der Waals surface area contributed by atoms with Crippen LogP contribution in [0.5, 0.6) is 11.5 Å². The van der Waals surface area contributed by atoms with Gasteiger partial charge in [-0.3, -0.25) is 0 Å². The highest BCUT2D eigenvalue weighted by Crippen LogP contribution is 2.30. The third-order valence-corrected chi connectivity index (χ3v) is 3.52. The molecule has 1 aliphatic rings. The lowest BCUT2D eigenvalue weighted by Crippen LogP contribution is -2.28. The van der Waals surface area contributed by atoms with Gasteiger partial charge in [-0.05, 0) is 29.8 Å². The Labute approximate surface area is 140 Å². The minimum atomic E-state index is -0.288. The first kappa shape index (κ1) is 15.9. The SMILES string of the molecule is CN(C)c1ccc(NC(=O)NCc2ccc3c(c2)OCCO3)cn1. The van der Waals surface area contributed by atoms with E-state index in [0.29, 0.717) is 31.2 Å². The Morgan fingerprint density at radius 2 is 1.96 bits per heavy atom. The van der Waals surface area contributed by atoms with Gasteiger partial charge in [0.25, 0.3) is 0 Å². The summed E-state index contributed by atoms with van der Waals surface area (Å²) in [5.41, 5.74) is 1.58. The van der Waals surface area contributed by atoms with Crippen LogP contribution in [0, 0.1) is 0 Å². The third kappa shape index (κ3) is 3.87. The van der Waals surface area contributed by atoms with E-state index in [1.807, 2.05) is 49.3 Å². The maximum absolute atomic E-state index is 12.0. The van der Waals surface area contributed by atoms with E-state index < -0.39 is 0 Å². The smallest absolute Gasteiger partial charge is 0.319 e. The molecule has 2 amide bonds. The summed E-state index contributed by atoms with van der Waals surface area (Å²) >= 11 is 0. The van der Waals surface area contributed by atoms with Gasteiger partial charge >= 0.3 is 6.03 Å². The molecule has 0 saturated heterocycles. The van der Waals surface area contributed by atoms with Crippen LogP contribution in [0.15, 0.2) is 36.5 Å². The number of nitrogens with one attached hydrogen (secondary N) is 2. The number of carbonyl (C=O) groups excluding carboxylic acids is 1. The molecule has 0 fully saturated rings. The number of carbonyl (C=O) groups is 1. The number of hydrogen-bond acceptors (Lipinski definition) is 5. The Hall–Kier alpha value is -2.96. The highest BCUT2D eigenvalue weighted by molar-refractivity contribution is 5.89. The standard InChI is InChI=1S/C17H20N4O3/c1-21(2)16-6-4-13(11-18-16)20-17(22)19-10-12-3-5-14-15(9-12)24-8-7-23-14/h3-6,9,11H,7-8,10H2,1-2H3,(H2,19,20,22). The second-order valence-electron chi connectivity index (χ2n) is 5.59. The third-order valence-electron chi connectivity index (χ3n) is 3.52. The lowest BCUT2D eigenvalue weighted by Gasteiger charge is -2.19. The molecule has 2 aromatic rings. The topological polar surface area (TPSA) is 75.7 Å². The number of rotatable bonds is 4. The van der Waals surface area contributed by atoms with Gasteiger partial charge in [0.05, 0.1) is 11.9 Å². The molecule has 2 heterocycles. The van der Waals surface area contributed by atoms with Crippen LogP contribution in [0.4, 0.5) is 16.3 Å². The summed E-state index contributed by atoms with van der Waals surface area (Å²) in [6.45, 7) is 1.50. The van der Waals surface area contributed by atoms with Crippen molar-refractivity contribution in [3.8, 4) is 11.5 Å². The van der Waals surface area contributed by atoms with E-state index in [-0.39, 0.29) is 6.03 Å². The minimum Gasteiger partial charge on any atom is -0.486 e. The van der Waals surface area contributed by atoms with Crippen LogP contribution in [0.2, 0.25) is 0 Å². The number of hydrogen-bond donors (Lipinski definition) is 2. The van der Waals surface area contributed by atoms with Gasteiger partial charge in [-0.2, -0.15) is 0 Å². The lowest BCUT2D eigenvalue weighted by molar-refractivity contribution is 0.171. The molecule has 0 aliphatic carbocycles. The molecule has 1 aliphatic heterocycles. The lowest BCUT2D eigenvalue weighted by atomic mass is 10.2. The molecule has 24 heavy (non-hydrogen) atoms. The predicted octanol–water partition coefficient (Wildman–Crippen LogP) is 2.24. The van der Waals surface area contributed by atoms with E-state index in [2.05, 4.69) is 15.6 Å². The number of aromatic nitrogens is 1. The molecule has 0 spiro atoms. The Morgan fingerprint density at radius 1 is 1.17 bits per heavy atom. The van der Waals surface area contributed by atoms with E-state index in [1.54, 1.807) is 6.20 Å². The molecule has 0 bridgehead atoms. The van der Waals surface area contributed by atoms with Gasteiger partial charge < -0.3 is 25.0 Å². The van der Waals surface area contributed by atoms with Crippen LogP contribution in [0.3, 0.4) is 0 Å². The van der Waals surface area contributed by atoms with Gasteiger partial charge in [-0.1, -0.05) is 6.07 Å². The van der Waals surface area contributed by atoms with Crippen LogP contribution >= 0.6 is 0 Å². The zero-order chi connectivity index (χ0) is 16.9. The normalized spacial score (nSPS) is 12.4. The molecule has 2 N–H and O–H groups in total. The van der Waals surface area contributed by atoms with Crippen LogP contribution < -0.4 is 25.0 Å². The first-order chi connectivity index (χ1) is 11.6. The fourth-order valence-corrected chi connectivity index (χ4v) is 2.28. The van der Waals surface area contributed by atoms with Crippen molar-refractivity contribution in [2.24, 2.45) is 0 Å². The van der Waals surface area contributed by atoms with Crippen LogP contribution in [-0.4, -0.2) is 38.3 Å². The minimum absolute atomic E-state index is 0.288. The summed E-state index contributed by atoms with van der Waals surface area (Å²) in [6.07, 6.45) is 1.62. The molecule has 3 rings (SSSR count). The van der Waals surface area contributed by atoms with E-state index in [4.69, 9.17) is 9.47 Å². The monoisotopic (exact) mass is 328 g/mol. The number of amides is 2. The van der Waals surface area contributed by atoms with Gasteiger partial charge in [-0.25, -0.2) is 9.78 Å². The molecule has 0 unspecified atom stereocenters. The molecule has 7 heteroatoms. The number of ether oxygens (including phenoxy) is 2. The summed E-state index contributed by atoms with van der Waals surface area (Å²) < 4.78 is 11.0. The summed E-state index contributed by atoms with van der Waals surface area (Å²) in [7, 11) is 3.82. The fourth-order valence-electron chi connectivity index (χ4n) is 2.28. The van der Waals surface area contributed by atoms with Crippen molar-refractivity contribution in [1.82, 2.24) is 10.3 Å². The molecule has 0 atom stereocenters. The quantitative estimate of drug-likeness (QED) is 0.900. The van der Waals surface area contributed by atoms with Gasteiger partial charge in [0.15, 0.2) is 11.5 Å². The number of nitrogens with zero attached hydrogens (tertiary/aromatic N) is 2. The van der Waals surface area contributed by atoms with E-state index in [0.717, 1.165) is 17.1 Å². The van der Waals surface area contributed by atoms with E-state index >= 15 is 0 Å². The maximum atomic E-state index is 12.0. The highest BCUT2D eigenvalue weighted by Gasteiger charge is 2.12. The first-order valence-electron chi connectivity index (χ1n) is 7.68. The van der Waals surface area contributed by atoms with Crippen molar-refractivity contribution in [3.63, 3.8) is 0 Å². The number of pyridine rings is 1. The summed E-state index contributed by atoms with van der Waals surface area (Å²) in [5.74, 6) is 2.28. The van der Waals surface area contributed by atoms with Crippen molar-refractivity contribution in [3.05, 3.63) is 42.1 Å². The Kier molecular flexibility index (Phi) is 4.69. The van der Waals surface area contributed by atoms with Crippen LogP contribution in [0.25, 0.3) is 0 Å². The average molecular weight is 328 g/mol. The van der Waals surface area contributed by atoms with Crippen molar-refractivity contribution in [2.45, 2.75) is 6.54 Å². The number of anilines is 2. The molecule has 126 valence electrons. The van der Waals surface area contributed by atoms with Gasteiger partial charge in [0.2, 0.25) is 0 Å². The summed E-state index contributed by atoms with van der Waals surface area (Å²) in [6, 6.07) is 9.00. The zero-order valence-corrected chi connectivity index (χ0v) is 13.7. The van der Waals surface area contributed by atoms with Gasteiger partial charge in [0.1, 0.15) is 19.0 Å². The summed E-state index contributed by atoms with van der Waals surface area (Å²) in [5, 5.41) is 5.56. The van der Waals surface area contributed by atoms with Crippen molar-refractivity contribution in [1.29, 1.82) is 0 Å². The largest absolute Gasteiger partial charge is 0.486 e. The molecule has 1 aromatic carbocycles. The zero-order valence-electron chi connectivity index (χ0n) is 13.7. The Bertz CT molecular complexity index is 716. The second-order valence-corrected chi connectivity index (χ2v) is 5.59. The number of fused-ring (bicyclic) bond motifs is 1. The van der Waals surface area contributed by atoms with Crippen molar-refractivity contribution < 1.29 is 14.3 Å². The number of urea groups is 1. The fraction of sp³-hybridized carbons (Fsp3) is 0.294. The molecular formula is C17H20N4O3. The van der Waals surface area contributed by atoms with Crippen LogP contribution in [-0.2, 0) is 6.54 Å². The van der Waals surface area contributed by atoms with E-state index in [1.165, 1.54) is 0 Å². The van der Waals surface area contributed by atoms with E-state index in [9.17, 15) is 4.79 Å². The maximum Gasteiger partial charge on any atom is 0.319 e. The predicted molar refractivity (Wildman–Crippen MR) is 91.9 cm³/mol. The van der Waals surface area contributed by atoms with Gasteiger partial charge in [-0.15, -0.1) is 0 Å². The molecule has 7 nitrogen and oxygen atoms in total. The Balaban J connectivity index is 1.53.